The number of ether oxygens (including phenoxy) is 1. The zero-order valence-corrected chi connectivity index (χ0v) is 13.2. The summed E-state index contributed by atoms with van der Waals surface area (Å²) in [4.78, 5) is 16.2. The molecule has 5 heteroatoms. The van der Waals surface area contributed by atoms with E-state index in [1.165, 1.54) is 18.2 Å². The zero-order valence-electron chi connectivity index (χ0n) is 11.6. The van der Waals surface area contributed by atoms with Crippen molar-refractivity contribution >= 4 is 21.9 Å². The molecule has 0 radical (unpaired) electrons. The molecule has 1 heterocycles. The Bertz CT molecular complexity index is 646. The molecule has 0 aliphatic heterocycles. The summed E-state index contributed by atoms with van der Waals surface area (Å²) in [5, 5.41) is 0. The van der Waals surface area contributed by atoms with Crippen LogP contribution < -0.4 is 0 Å². The molecule has 3 nitrogen and oxygen atoms in total. The van der Waals surface area contributed by atoms with Crippen molar-refractivity contribution in [2.45, 2.75) is 19.8 Å². The first-order valence-electron chi connectivity index (χ1n) is 6.61. The predicted octanol–water partition coefficient (Wildman–Crippen LogP) is 4.08. The molecule has 21 heavy (non-hydrogen) atoms. The highest BCUT2D eigenvalue weighted by Crippen LogP contribution is 2.16. The van der Waals surface area contributed by atoms with Gasteiger partial charge in [0.25, 0.3) is 0 Å². The van der Waals surface area contributed by atoms with Gasteiger partial charge in [0.1, 0.15) is 5.82 Å². The van der Waals surface area contributed by atoms with Crippen LogP contribution in [0.3, 0.4) is 0 Å². The molecule has 0 bridgehead atoms. The highest BCUT2D eigenvalue weighted by atomic mass is 79.9. The zero-order chi connectivity index (χ0) is 15.2. The van der Waals surface area contributed by atoms with Gasteiger partial charge in [0.05, 0.1) is 12.2 Å². The quantitative estimate of drug-likeness (QED) is 0.601. The Morgan fingerprint density at radius 2 is 2.14 bits per heavy atom. The van der Waals surface area contributed by atoms with Gasteiger partial charge >= 0.3 is 5.97 Å². The molecule has 1 aromatic carbocycles. The molecule has 0 aliphatic rings. The lowest BCUT2D eigenvalue weighted by molar-refractivity contribution is 0.0495. The normalized spacial score (nSPS) is 10.4. The molecule has 0 aliphatic carbocycles. The SMILES string of the molecule is Cc1cccc(CCCOC(=O)c2cc(Br)ccc2F)n1. The van der Waals surface area contributed by atoms with E-state index >= 15 is 0 Å². The Labute approximate surface area is 131 Å². The molecule has 2 aromatic rings. The molecule has 0 fully saturated rings. The molecule has 0 spiro atoms. The summed E-state index contributed by atoms with van der Waals surface area (Å²) < 4.78 is 19.2. The number of nitrogens with zero attached hydrogens (tertiary/aromatic N) is 1. The fourth-order valence-electron chi connectivity index (χ4n) is 1.89. The summed E-state index contributed by atoms with van der Waals surface area (Å²) in [7, 11) is 0. The van der Waals surface area contributed by atoms with E-state index in [0.29, 0.717) is 10.9 Å². The largest absolute Gasteiger partial charge is 0.462 e. The van der Waals surface area contributed by atoms with Crippen LogP contribution in [0.25, 0.3) is 0 Å². The number of rotatable bonds is 5. The third-order valence-electron chi connectivity index (χ3n) is 2.90. The van der Waals surface area contributed by atoms with Gasteiger partial charge in [0, 0.05) is 15.9 Å². The minimum Gasteiger partial charge on any atom is -0.462 e. The Hall–Kier alpha value is -1.75. The highest BCUT2D eigenvalue weighted by Gasteiger charge is 2.13. The number of hydrogen-bond acceptors (Lipinski definition) is 3. The number of halogens is 2. The second kappa shape index (κ2) is 7.31. The minimum atomic E-state index is -0.647. The van der Waals surface area contributed by atoms with E-state index in [1.54, 1.807) is 0 Å². The lowest BCUT2D eigenvalue weighted by atomic mass is 10.2. The number of carbonyl (C=O) groups excluding carboxylic acids is 1. The van der Waals surface area contributed by atoms with Gasteiger partial charge in [-0.05, 0) is 50.1 Å². The van der Waals surface area contributed by atoms with Crippen LogP contribution in [-0.2, 0) is 11.2 Å². The number of carbonyl (C=O) groups is 1. The standard InChI is InChI=1S/C16H15BrFNO2/c1-11-4-2-5-13(19-11)6-3-9-21-16(20)14-10-12(17)7-8-15(14)18/h2,4-5,7-8,10H,3,6,9H2,1H3. The minimum absolute atomic E-state index is 0.0574. The summed E-state index contributed by atoms with van der Waals surface area (Å²) in [5.41, 5.74) is 1.86. The summed E-state index contributed by atoms with van der Waals surface area (Å²) >= 11 is 3.20. The van der Waals surface area contributed by atoms with E-state index in [4.69, 9.17) is 4.74 Å². The second-order valence-corrected chi connectivity index (χ2v) is 5.55. The second-order valence-electron chi connectivity index (χ2n) is 4.63. The molecule has 0 saturated carbocycles. The molecule has 0 N–H and O–H groups in total. The van der Waals surface area contributed by atoms with Gasteiger partial charge in [0.15, 0.2) is 0 Å². The third-order valence-corrected chi connectivity index (χ3v) is 3.40. The van der Waals surface area contributed by atoms with Crippen LogP contribution in [-0.4, -0.2) is 17.6 Å². The predicted molar refractivity (Wildman–Crippen MR) is 81.7 cm³/mol. The highest BCUT2D eigenvalue weighted by molar-refractivity contribution is 9.10. The number of aryl methyl sites for hydroxylation is 2. The molecule has 0 saturated heterocycles. The van der Waals surface area contributed by atoms with Crippen LogP contribution in [0.4, 0.5) is 4.39 Å². The maximum absolute atomic E-state index is 13.5. The molecule has 0 atom stereocenters. The fraction of sp³-hybridized carbons (Fsp3) is 0.250. The Morgan fingerprint density at radius 3 is 2.90 bits per heavy atom. The molecular weight excluding hydrogens is 337 g/mol. The van der Waals surface area contributed by atoms with E-state index in [1.807, 2.05) is 25.1 Å². The average Bonchev–Trinajstić information content (AvgIpc) is 2.46. The topological polar surface area (TPSA) is 39.2 Å². The number of aromatic nitrogens is 1. The van der Waals surface area contributed by atoms with Crippen molar-refractivity contribution in [3.05, 3.63) is 63.6 Å². The van der Waals surface area contributed by atoms with Crippen LogP contribution in [0.15, 0.2) is 40.9 Å². The van der Waals surface area contributed by atoms with Crippen LogP contribution in [0.1, 0.15) is 28.2 Å². The molecule has 110 valence electrons. The molecular formula is C16H15BrFNO2. The van der Waals surface area contributed by atoms with Crippen LogP contribution >= 0.6 is 15.9 Å². The van der Waals surface area contributed by atoms with Gasteiger partial charge in [-0.25, -0.2) is 9.18 Å². The molecule has 2 rings (SSSR count). The summed E-state index contributed by atoms with van der Waals surface area (Å²) in [5.74, 6) is -1.23. The van der Waals surface area contributed by atoms with E-state index < -0.39 is 11.8 Å². The Morgan fingerprint density at radius 1 is 1.33 bits per heavy atom. The van der Waals surface area contributed by atoms with Gasteiger partial charge in [-0.2, -0.15) is 0 Å². The average molecular weight is 352 g/mol. The van der Waals surface area contributed by atoms with Crippen molar-refractivity contribution in [1.29, 1.82) is 0 Å². The van der Waals surface area contributed by atoms with Crippen LogP contribution in [0.2, 0.25) is 0 Å². The monoisotopic (exact) mass is 351 g/mol. The maximum atomic E-state index is 13.5. The Kier molecular flexibility index (Phi) is 5.44. The molecule has 0 amide bonds. The van der Waals surface area contributed by atoms with Crippen molar-refractivity contribution in [3.63, 3.8) is 0 Å². The first-order chi connectivity index (χ1) is 10.1. The van der Waals surface area contributed by atoms with E-state index in [2.05, 4.69) is 20.9 Å². The first kappa shape index (κ1) is 15.6. The van der Waals surface area contributed by atoms with Crippen molar-refractivity contribution in [2.24, 2.45) is 0 Å². The summed E-state index contributed by atoms with van der Waals surface area (Å²) in [6.45, 7) is 2.17. The summed E-state index contributed by atoms with van der Waals surface area (Å²) in [6.07, 6.45) is 1.37. The van der Waals surface area contributed by atoms with E-state index in [0.717, 1.165) is 17.8 Å². The van der Waals surface area contributed by atoms with E-state index in [-0.39, 0.29) is 12.2 Å². The van der Waals surface area contributed by atoms with Gasteiger partial charge < -0.3 is 4.74 Å². The first-order valence-corrected chi connectivity index (χ1v) is 7.40. The van der Waals surface area contributed by atoms with Crippen molar-refractivity contribution < 1.29 is 13.9 Å². The number of pyridine rings is 1. The summed E-state index contributed by atoms with van der Waals surface area (Å²) in [6, 6.07) is 10.00. The lowest BCUT2D eigenvalue weighted by Gasteiger charge is -2.06. The van der Waals surface area contributed by atoms with Gasteiger partial charge in [0.2, 0.25) is 0 Å². The van der Waals surface area contributed by atoms with Crippen LogP contribution in [0.5, 0.6) is 0 Å². The molecule has 1 aromatic heterocycles. The maximum Gasteiger partial charge on any atom is 0.341 e. The third kappa shape index (κ3) is 4.63. The van der Waals surface area contributed by atoms with E-state index in [9.17, 15) is 9.18 Å². The van der Waals surface area contributed by atoms with Gasteiger partial charge in [-0.1, -0.05) is 22.0 Å². The lowest BCUT2D eigenvalue weighted by Crippen LogP contribution is -2.09. The van der Waals surface area contributed by atoms with Gasteiger partial charge in [-0.15, -0.1) is 0 Å². The van der Waals surface area contributed by atoms with Gasteiger partial charge in [-0.3, -0.25) is 4.98 Å². The van der Waals surface area contributed by atoms with Crippen LogP contribution in [0, 0.1) is 12.7 Å². The van der Waals surface area contributed by atoms with Crippen molar-refractivity contribution in [3.8, 4) is 0 Å². The number of hydrogen-bond donors (Lipinski definition) is 0. The number of esters is 1. The van der Waals surface area contributed by atoms with Crippen molar-refractivity contribution in [2.75, 3.05) is 6.61 Å². The molecule has 0 unspecified atom stereocenters. The fourth-order valence-corrected chi connectivity index (χ4v) is 2.25. The number of benzene rings is 1. The smallest absolute Gasteiger partial charge is 0.341 e. The Balaban J connectivity index is 1.83. The van der Waals surface area contributed by atoms with Crippen molar-refractivity contribution in [1.82, 2.24) is 4.98 Å².